The summed E-state index contributed by atoms with van der Waals surface area (Å²) in [5.41, 5.74) is 1.72. The molecule has 1 aliphatic carbocycles. The van der Waals surface area contributed by atoms with Crippen LogP contribution < -0.4 is 5.32 Å². The fourth-order valence-electron chi connectivity index (χ4n) is 4.47. The zero-order valence-electron chi connectivity index (χ0n) is 16.3. The van der Waals surface area contributed by atoms with E-state index in [-0.39, 0.29) is 13.2 Å². The lowest BCUT2D eigenvalue weighted by molar-refractivity contribution is -0.164. The fraction of sp³-hybridized carbons (Fsp3) is 0.429. The maximum atomic E-state index is 13.2. The molecule has 7 nitrogen and oxygen atoms in total. The third-order valence-electron chi connectivity index (χ3n) is 5.60. The largest absolute Gasteiger partial charge is 0.468 e. The van der Waals surface area contributed by atoms with Crippen LogP contribution in [0.25, 0.3) is 0 Å². The number of carbonyl (C=O) groups is 2. The molecule has 7 heteroatoms. The number of fused-ring (bicyclic) bond motifs is 3. The monoisotopic (exact) mass is 387 g/mol. The number of nitrogens with one attached hydrogen (secondary N) is 1. The Morgan fingerprint density at radius 2 is 2.00 bits per heavy atom. The molecule has 2 aliphatic rings. The second-order valence-electron chi connectivity index (χ2n) is 6.91. The Labute approximate surface area is 164 Å². The molecule has 1 aromatic rings. The number of hydrogen-bond acceptors (Lipinski definition) is 7. The Bertz CT molecular complexity index is 845. The number of aliphatic hydroxyl groups is 1. The second kappa shape index (κ2) is 7.77. The number of rotatable bonds is 5. The van der Waals surface area contributed by atoms with Crippen molar-refractivity contribution in [2.75, 3.05) is 27.4 Å². The van der Waals surface area contributed by atoms with Crippen LogP contribution in [0, 0.1) is 5.41 Å². The van der Waals surface area contributed by atoms with Crippen LogP contribution in [-0.2, 0) is 30.2 Å². The van der Waals surface area contributed by atoms with Crippen molar-refractivity contribution in [2.24, 2.45) is 5.41 Å². The average Bonchev–Trinajstić information content (AvgIpc) is 2.70. The van der Waals surface area contributed by atoms with Gasteiger partial charge in [-0.25, -0.2) is 4.79 Å². The molecular weight excluding hydrogens is 362 g/mol. The highest BCUT2D eigenvalue weighted by molar-refractivity contribution is 5.96. The van der Waals surface area contributed by atoms with Crippen molar-refractivity contribution in [3.63, 3.8) is 0 Å². The first-order chi connectivity index (χ1) is 13.4. The number of aliphatic hydroxyl groups excluding tert-OH is 1. The van der Waals surface area contributed by atoms with Gasteiger partial charge in [-0.15, -0.1) is 0 Å². The van der Waals surface area contributed by atoms with Crippen molar-refractivity contribution in [1.82, 2.24) is 5.32 Å². The third-order valence-corrected chi connectivity index (χ3v) is 5.60. The minimum absolute atomic E-state index is 0.0435. The van der Waals surface area contributed by atoms with Crippen molar-refractivity contribution in [2.45, 2.75) is 25.4 Å². The fourth-order valence-corrected chi connectivity index (χ4v) is 4.47. The van der Waals surface area contributed by atoms with Gasteiger partial charge in [0.1, 0.15) is 5.41 Å². The molecule has 28 heavy (non-hydrogen) atoms. The Morgan fingerprint density at radius 1 is 1.29 bits per heavy atom. The molecule has 0 fully saturated rings. The van der Waals surface area contributed by atoms with E-state index >= 15 is 0 Å². The van der Waals surface area contributed by atoms with Crippen molar-refractivity contribution in [3.05, 3.63) is 58.9 Å². The molecule has 1 aliphatic heterocycles. The average molecular weight is 387 g/mol. The number of benzene rings is 1. The first-order valence-electron chi connectivity index (χ1n) is 9.07. The van der Waals surface area contributed by atoms with Crippen LogP contribution in [0.15, 0.2) is 47.8 Å². The highest BCUT2D eigenvalue weighted by Crippen LogP contribution is 2.57. The lowest BCUT2D eigenvalue weighted by Crippen LogP contribution is -2.59. The van der Waals surface area contributed by atoms with E-state index in [4.69, 9.17) is 14.2 Å². The molecule has 3 rings (SSSR count). The summed E-state index contributed by atoms with van der Waals surface area (Å²) >= 11 is 0. The minimum atomic E-state index is -1.37. The normalized spacial score (nSPS) is 26.1. The summed E-state index contributed by atoms with van der Waals surface area (Å²) in [4.78, 5) is 26.0. The molecule has 0 radical (unpaired) electrons. The maximum absolute atomic E-state index is 13.2. The number of methoxy groups -OCH3 is 2. The summed E-state index contributed by atoms with van der Waals surface area (Å²) in [7, 11) is 2.61. The molecule has 0 spiro atoms. The van der Waals surface area contributed by atoms with Crippen molar-refractivity contribution in [1.29, 1.82) is 0 Å². The van der Waals surface area contributed by atoms with E-state index in [2.05, 4.69) is 11.9 Å². The summed E-state index contributed by atoms with van der Waals surface area (Å²) in [5, 5.41) is 12.4. The third kappa shape index (κ3) is 2.82. The number of ether oxygens (including phenoxy) is 3. The summed E-state index contributed by atoms with van der Waals surface area (Å²) in [6.07, 6.45) is -0.268. The first-order valence-corrected chi connectivity index (χ1v) is 9.07. The van der Waals surface area contributed by atoms with Crippen LogP contribution in [0.5, 0.6) is 0 Å². The first kappa shape index (κ1) is 20.1. The Balaban J connectivity index is 2.34. The SMILES string of the molecule is C=C1NC(C)=C(C(=O)OC)[C@@H]2c3ccccc3C[C@H](OCCO)[C@]12C(=O)OC. The molecule has 0 aromatic heterocycles. The molecule has 2 N–H and O–H groups in total. The van der Waals surface area contributed by atoms with Crippen LogP contribution in [-0.4, -0.2) is 50.6 Å². The molecule has 3 atom stereocenters. The van der Waals surface area contributed by atoms with E-state index in [1.54, 1.807) is 6.92 Å². The van der Waals surface area contributed by atoms with Crippen molar-refractivity contribution >= 4 is 11.9 Å². The van der Waals surface area contributed by atoms with E-state index in [9.17, 15) is 14.7 Å². The summed E-state index contributed by atoms with van der Waals surface area (Å²) in [5.74, 6) is -1.77. The second-order valence-corrected chi connectivity index (χ2v) is 6.91. The topological polar surface area (TPSA) is 94.1 Å². The van der Waals surface area contributed by atoms with Gasteiger partial charge in [0.15, 0.2) is 0 Å². The van der Waals surface area contributed by atoms with E-state index in [1.165, 1.54) is 14.2 Å². The van der Waals surface area contributed by atoms with Gasteiger partial charge < -0.3 is 24.6 Å². The van der Waals surface area contributed by atoms with Gasteiger partial charge in [0.05, 0.1) is 39.1 Å². The number of esters is 2. The zero-order chi connectivity index (χ0) is 20.5. The molecule has 150 valence electrons. The smallest absolute Gasteiger partial charge is 0.336 e. The minimum Gasteiger partial charge on any atom is -0.468 e. The summed E-state index contributed by atoms with van der Waals surface area (Å²) in [6, 6.07) is 7.61. The lowest BCUT2D eigenvalue weighted by Gasteiger charge is -2.51. The Kier molecular flexibility index (Phi) is 5.58. The van der Waals surface area contributed by atoms with Gasteiger partial charge in [-0.2, -0.15) is 0 Å². The molecular formula is C21H25NO6. The lowest BCUT2D eigenvalue weighted by atomic mass is 9.56. The Hall–Kier alpha value is -2.64. The van der Waals surface area contributed by atoms with E-state index < -0.39 is 29.4 Å². The molecule has 0 saturated carbocycles. The zero-order valence-corrected chi connectivity index (χ0v) is 16.3. The number of carbonyl (C=O) groups excluding carboxylic acids is 2. The van der Waals surface area contributed by atoms with Gasteiger partial charge in [-0.1, -0.05) is 30.8 Å². The van der Waals surface area contributed by atoms with Crippen LogP contribution >= 0.6 is 0 Å². The summed E-state index contributed by atoms with van der Waals surface area (Å²) < 4.78 is 16.1. The van der Waals surface area contributed by atoms with Crippen molar-refractivity contribution < 1.29 is 28.9 Å². The van der Waals surface area contributed by atoms with E-state index in [0.717, 1.165) is 11.1 Å². The number of allylic oxidation sites excluding steroid dienone is 1. The molecule has 0 unspecified atom stereocenters. The highest BCUT2D eigenvalue weighted by Gasteiger charge is 2.63. The van der Waals surface area contributed by atoms with Gasteiger partial charge >= 0.3 is 11.9 Å². The van der Waals surface area contributed by atoms with Crippen LogP contribution in [0.3, 0.4) is 0 Å². The van der Waals surface area contributed by atoms with Crippen LogP contribution in [0.1, 0.15) is 24.0 Å². The standard InChI is InChI=1S/C21H25NO6/c1-12-17(19(24)26-3)18-15-8-6-5-7-14(15)11-16(28-10-9-23)21(18,13(2)22-12)20(25)27-4/h5-8,16,18,22-23H,2,9-11H2,1,3-4H3/t16-,18-,21+/m0/s1. The molecule has 1 aromatic carbocycles. The summed E-state index contributed by atoms with van der Waals surface area (Å²) in [6.45, 7) is 5.70. The molecule has 0 bridgehead atoms. The maximum Gasteiger partial charge on any atom is 0.336 e. The highest BCUT2D eigenvalue weighted by atomic mass is 16.5. The Morgan fingerprint density at radius 3 is 2.64 bits per heavy atom. The van der Waals surface area contributed by atoms with Gasteiger partial charge in [0.2, 0.25) is 0 Å². The van der Waals surface area contributed by atoms with Gasteiger partial charge in [0.25, 0.3) is 0 Å². The molecule has 1 heterocycles. The van der Waals surface area contributed by atoms with E-state index in [0.29, 0.717) is 23.4 Å². The molecule has 0 amide bonds. The predicted octanol–water partition coefficient (Wildman–Crippen LogP) is 1.43. The van der Waals surface area contributed by atoms with Gasteiger partial charge in [0, 0.05) is 23.7 Å². The van der Waals surface area contributed by atoms with Crippen LogP contribution in [0.4, 0.5) is 0 Å². The quantitative estimate of drug-likeness (QED) is 0.738. The van der Waals surface area contributed by atoms with Gasteiger partial charge in [-0.05, 0) is 18.1 Å². The van der Waals surface area contributed by atoms with Gasteiger partial charge in [-0.3, -0.25) is 4.79 Å². The molecule has 0 saturated heterocycles. The van der Waals surface area contributed by atoms with E-state index in [1.807, 2.05) is 24.3 Å². The van der Waals surface area contributed by atoms with Crippen molar-refractivity contribution in [3.8, 4) is 0 Å². The van der Waals surface area contributed by atoms with Crippen LogP contribution in [0.2, 0.25) is 0 Å². The predicted molar refractivity (Wildman–Crippen MR) is 101 cm³/mol. The number of hydrogen-bond donors (Lipinski definition) is 2.